The summed E-state index contributed by atoms with van der Waals surface area (Å²) in [5.74, 6) is 0.184. The smallest absolute Gasteiger partial charge is 0.287 e. The highest BCUT2D eigenvalue weighted by Crippen LogP contribution is 2.26. The zero-order valence-corrected chi connectivity index (χ0v) is 13.4. The second-order valence-corrected chi connectivity index (χ2v) is 5.88. The molecule has 1 atom stereocenters. The van der Waals surface area contributed by atoms with E-state index in [9.17, 15) is 4.79 Å². The molecule has 0 saturated carbocycles. The molecular formula is C17H24N2O3. The Kier molecular flexibility index (Phi) is 5.57. The van der Waals surface area contributed by atoms with Crippen LogP contribution in [0.4, 0.5) is 0 Å². The molecular weight excluding hydrogens is 280 g/mol. The van der Waals surface area contributed by atoms with Crippen molar-refractivity contribution < 1.29 is 14.3 Å². The molecule has 2 N–H and O–H groups in total. The molecule has 1 unspecified atom stereocenters. The van der Waals surface area contributed by atoms with Crippen LogP contribution in [0.1, 0.15) is 35.9 Å². The van der Waals surface area contributed by atoms with Crippen molar-refractivity contribution in [3.63, 3.8) is 0 Å². The summed E-state index contributed by atoms with van der Waals surface area (Å²) in [5.41, 5.74) is 1.64. The molecule has 0 aliphatic heterocycles. The van der Waals surface area contributed by atoms with Crippen molar-refractivity contribution in [2.24, 2.45) is 0 Å². The summed E-state index contributed by atoms with van der Waals surface area (Å²) >= 11 is 0. The number of benzene rings is 1. The number of rotatable bonds is 7. The molecule has 0 saturated heterocycles. The van der Waals surface area contributed by atoms with Crippen molar-refractivity contribution in [3.05, 3.63) is 35.6 Å². The predicted octanol–water partition coefficient (Wildman–Crippen LogP) is 2.39. The minimum absolute atomic E-state index is 0.0000633. The van der Waals surface area contributed by atoms with E-state index in [0.29, 0.717) is 18.7 Å². The summed E-state index contributed by atoms with van der Waals surface area (Å²) in [5, 5.41) is 12.8. The van der Waals surface area contributed by atoms with Crippen LogP contribution in [-0.4, -0.2) is 42.7 Å². The van der Waals surface area contributed by atoms with Crippen LogP contribution in [0.3, 0.4) is 0 Å². The molecule has 22 heavy (non-hydrogen) atoms. The highest BCUT2D eigenvalue weighted by atomic mass is 16.3. The molecule has 120 valence electrons. The fourth-order valence-corrected chi connectivity index (χ4v) is 2.51. The third-order valence-electron chi connectivity index (χ3n) is 3.55. The van der Waals surface area contributed by atoms with Gasteiger partial charge in [0.05, 0.1) is 0 Å². The van der Waals surface area contributed by atoms with E-state index in [1.807, 2.05) is 50.2 Å². The van der Waals surface area contributed by atoms with E-state index in [0.717, 1.165) is 23.0 Å². The van der Waals surface area contributed by atoms with E-state index in [2.05, 4.69) is 5.32 Å². The van der Waals surface area contributed by atoms with Crippen molar-refractivity contribution in [1.29, 1.82) is 0 Å². The van der Waals surface area contributed by atoms with Gasteiger partial charge in [-0.05, 0) is 39.9 Å². The van der Waals surface area contributed by atoms with E-state index < -0.39 is 0 Å². The lowest BCUT2D eigenvalue weighted by atomic mass is 10.1. The maximum Gasteiger partial charge on any atom is 0.287 e. The van der Waals surface area contributed by atoms with E-state index in [1.54, 1.807) is 0 Å². The number of nitrogens with zero attached hydrogens (tertiary/aromatic N) is 1. The number of hydrogen-bond donors (Lipinski definition) is 2. The quantitative estimate of drug-likeness (QED) is 0.824. The van der Waals surface area contributed by atoms with Gasteiger partial charge in [0.2, 0.25) is 0 Å². The number of amides is 1. The Morgan fingerprint density at radius 2 is 2.09 bits per heavy atom. The van der Waals surface area contributed by atoms with E-state index >= 15 is 0 Å². The molecule has 0 spiro atoms. The van der Waals surface area contributed by atoms with Crippen LogP contribution >= 0.6 is 0 Å². The maximum atomic E-state index is 12.5. The SMILES string of the molecule is CC(CCCO)NC(=O)c1oc2ccccc2c1CN(C)C. The number of fused-ring (bicyclic) bond motifs is 1. The van der Waals surface area contributed by atoms with Gasteiger partial charge < -0.3 is 19.7 Å². The molecule has 0 aliphatic carbocycles. The second-order valence-electron chi connectivity index (χ2n) is 5.88. The van der Waals surface area contributed by atoms with Crippen molar-refractivity contribution in [2.45, 2.75) is 32.4 Å². The number of furan rings is 1. The lowest BCUT2D eigenvalue weighted by Crippen LogP contribution is -2.33. The van der Waals surface area contributed by atoms with Gasteiger partial charge in [-0.3, -0.25) is 4.79 Å². The first-order chi connectivity index (χ1) is 10.5. The molecule has 1 aromatic carbocycles. The summed E-state index contributed by atoms with van der Waals surface area (Å²) in [4.78, 5) is 14.5. The third kappa shape index (κ3) is 3.87. The number of carbonyl (C=O) groups is 1. The molecule has 5 heteroatoms. The van der Waals surface area contributed by atoms with Gasteiger partial charge in [0.25, 0.3) is 5.91 Å². The van der Waals surface area contributed by atoms with Crippen molar-refractivity contribution >= 4 is 16.9 Å². The highest BCUT2D eigenvalue weighted by molar-refractivity contribution is 5.99. The Labute approximate surface area is 130 Å². The Hall–Kier alpha value is -1.85. The molecule has 2 rings (SSSR count). The lowest BCUT2D eigenvalue weighted by molar-refractivity contribution is 0.0908. The monoisotopic (exact) mass is 304 g/mol. The molecule has 0 fully saturated rings. The number of hydrogen-bond acceptors (Lipinski definition) is 4. The number of nitrogens with one attached hydrogen (secondary N) is 1. The van der Waals surface area contributed by atoms with Crippen LogP contribution in [0.5, 0.6) is 0 Å². The van der Waals surface area contributed by atoms with Gasteiger partial charge in [-0.1, -0.05) is 18.2 Å². The lowest BCUT2D eigenvalue weighted by Gasteiger charge is -2.14. The first kappa shape index (κ1) is 16.5. The predicted molar refractivity (Wildman–Crippen MR) is 86.9 cm³/mol. The zero-order chi connectivity index (χ0) is 16.1. The van der Waals surface area contributed by atoms with E-state index in [-0.39, 0.29) is 18.6 Å². The normalized spacial score (nSPS) is 12.8. The first-order valence-corrected chi connectivity index (χ1v) is 7.59. The van der Waals surface area contributed by atoms with Gasteiger partial charge in [0.1, 0.15) is 5.58 Å². The second kappa shape index (κ2) is 7.42. The largest absolute Gasteiger partial charge is 0.451 e. The van der Waals surface area contributed by atoms with E-state index in [1.165, 1.54) is 0 Å². The van der Waals surface area contributed by atoms with Gasteiger partial charge >= 0.3 is 0 Å². The van der Waals surface area contributed by atoms with Gasteiger partial charge in [0, 0.05) is 30.1 Å². The fraction of sp³-hybridized carbons (Fsp3) is 0.471. The van der Waals surface area contributed by atoms with Crippen LogP contribution in [0.25, 0.3) is 11.0 Å². The summed E-state index contributed by atoms with van der Waals surface area (Å²) in [6, 6.07) is 7.70. The average molecular weight is 304 g/mol. The topological polar surface area (TPSA) is 65.7 Å². The van der Waals surface area contributed by atoms with Crippen LogP contribution in [0.15, 0.2) is 28.7 Å². The van der Waals surface area contributed by atoms with Crippen molar-refractivity contribution in [2.75, 3.05) is 20.7 Å². The standard InChI is InChI=1S/C17H24N2O3/c1-12(7-6-10-20)18-17(21)16-14(11-19(2)3)13-8-4-5-9-15(13)22-16/h4-5,8-9,12,20H,6-7,10-11H2,1-3H3,(H,18,21). The summed E-state index contributed by atoms with van der Waals surface area (Å²) < 4.78 is 5.78. The highest BCUT2D eigenvalue weighted by Gasteiger charge is 2.21. The minimum atomic E-state index is -0.196. The molecule has 1 heterocycles. The van der Waals surface area contributed by atoms with Gasteiger partial charge in [0.15, 0.2) is 5.76 Å². The van der Waals surface area contributed by atoms with Crippen LogP contribution in [0, 0.1) is 0 Å². The van der Waals surface area contributed by atoms with Gasteiger partial charge in [-0.15, -0.1) is 0 Å². The minimum Gasteiger partial charge on any atom is -0.451 e. The average Bonchev–Trinajstić information content (AvgIpc) is 2.83. The van der Waals surface area contributed by atoms with Crippen LogP contribution < -0.4 is 5.32 Å². The van der Waals surface area contributed by atoms with Crippen molar-refractivity contribution in [3.8, 4) is 0 Å². The molecule has 2 aromatic rings. The van der Waals surface area contributed by atoms with Gasteiger partial charge in [-0.2, -0.15) is 0 Å². The summed E-state index contributed by atoms with van der Waals surface area (Å²) in [7, 11) is 3.93. The summed E-state index contributed by atoms with van der Waals surface area (Å²) in [6.45, 7) is 2.71. The molecule has 5 nitrogen and oxygen atoms in total. The number of carbonyl (C=O) groups excluding carboxylic acids is 1. The molecule has 0 aliphatic rings. The maximum absolute atomic E-state index is 12.5. The van der Waals surface area contributed by atoms with Crippen LogP contribution in [0.2, 0.25) is 0 Å². The first-order valence-electron chi connectivity index (χ1n) is 7.59. The number of para-hydroxylation sites is 1. The Morgan fingerprint density at radius 1 is 1.36 bits per heavy atom. The Morgan fingerprint density at radius 3 is 2.77 bits per heavy atom. The van der Waals surface area contributed by atoms with Gasteiger partial charge in [-0.25, -0.2) is 0 Å². The number of aliphatic hydroxyl groups is 1. The summed E-state index contributed by atoms with van der Waals surface area (Å²) in [6.07, 6.45) is 1.41. The Bertz CT molecular complexity index is 634. The molecule has 0 radical (unpaired) electrons. The third-order valence-corrected chi connectivity index (χ3v) is 3.55. The zero-order valence-electron chi connectivity index (χ0n) is 13.4. The molecule has 0 bridgehead atoms. The van der Waals surface area contributed by atoms with E-state index in [4.69, 9.17) is 9.52 Å². The molecule has 1 aromatic heterocycles. The van der Waals surface area contributed by atoms with Crippen molar-refractivity contribution in [1.82, 2.24) is 10.2 Å². The molecule has 1 amide bonds. The van der Waals surface area contributed by atoms with Crippen LogP contribution in [-0.2, 0) is 6.54 Å². The number of aliphatic hydroxyl groups excluding tert-OH is 1. The Balaban J connectivity index is 2.27. The fourth-order valence-electron chi connectivity index (χ4n) is 2.51.